The maximum Gasteiger partial charge on any atom is 0.278 e. The van der Waals surface area contributed by atoms with Crippen molar-refractivity contribution in [3.05, 3.63) is 18.3 Å². The Hall–Kier alpha value is -1.14. The first-order chi connectivity index (χ1) is 6.09. The molecule has 0 amide bonds. The molecule has 0 unspecified atom stereocenters. The summed E-state index contributed by atoms with van der Waals surface area (Å²) in [5.74, 6) is 0. The van der Waals surface area contributed by atoms with Crippen molar-refractivity contribution >= 4 is 30.8 Å². The first-order valence-corrected chi connectivity index (χ1v) is 5.64. The Kier molecular flexibility index (Phi) is 1.74. The minimum Gasteiger partial charge on any atom is -0.264 e. The van der Waals surface area contributed by atoms with Crippen LogP contribution in [0.25, 0.3) is 11.0 Å². The van der Waals surface area contributed by atoms with Crippen LogP contribution in [0.3, 0.4) is 0 Å². The molecular formula is C6H4ClN3O2S. The molecule has 0 atom stereocenters. The predicted octanol–water partition coefficient (Wildman–Crippen LogP) is 0.885. The van der Waals surface area contributed by atoms with Crippen molar-refractivity contribution in [1.82, 2.24) is 15.2 Å². The Morgan fingerprint density at radius 2 is 2.23 bits per heavy atom. The Morgan fingerprint density at radius 3 is 2.92 bits per heavy atom. The second-order valence-electron chi connectivity index (χ2n) is 2.37. The lowest BCUT2D eigenvalue weighted by molar-refractivity contribution is 0.606. The van der Waals surface area contributed by atoms with Crippen LogP contribution in [0.2, 0.25) is 0 Å². The molecule has 0 spiro atoms. The van der Waals surface area contributed by atoms with E-state index in [2.05, 4.69) is 15.2 Å². The van der Waals surface area contributed by atoms with E-state index in [9.17, 15) is 8.42 Å². The van der Waals surface area contributed by atoms with Gasteiger partial charge in [0.25, 0.3) is 9.05 Å². The summed E-state index contributed by atoms with van der Waals surface area (Å²) >= 11 is 0. The fourth-order valence-corrected chi connectivity index (χ4v) is 1.94. The Labute approximate surface area is 78.2 Å². The van der Waals surface area contributed by atoms with Crippen LogP contribution in [0, 0.1) is 0 Å². The van der Waals surface area contributed by atoms with Crippen LogP contribution < -0.4 is 0 Å². The molecule has 0 saturated heterocycles. The molecule has 0 aliphatic heterocycles. The summed E-state index contributed by atoms with van der Waals surface area (Å²) in [6, 6.07) is 3.20. The van der Waals surface area contributed by atoms with Gasteiger partial charge in [-0.1, -0.05) is 0 Å². The fraction of sp³-hybridized carbons (Fsp3) is 0. The predicted molar refractivity (Wildman–Crippen MR) is 46.9 cm³/mol. The molecule has 68 valence electrons. The van der Waals surface area contributed by atoms with Crippen molar-refractivity contribution in [1.29, 1.82) is 0 Å². The van der Waals surface area contributed by atoms with Crippen LogP contribution in [-0.4, -0.2) is 23.6 Å². The van der Waals surface area contributed by atoms with Crippen LogP contribution in [0.1, 0.15) is 0 Å². The highest BCUT2D eigenvalue weighted by Gasteiger charge is 2.17. The van der Waals surface area contributed by atoms with Gasteiger partial charge in [0.05, 0.1) is 5.39 Å². The number of fused-ring (bicyclic) bond motifs is 1. The third kappa shape index (κ3) is 1.38. The second-order valence-corrected chi connectivity index (χ2v) is 4.87. The maximum absolute atomic E-state index is 11.0. The van der Waals surface area contributed by atoms with E-state index >= 15 is 0 Å². The molecular weight excluding hydrogens is 214 g/mol. The van der Waals surface area contributed by atoms with Crippen molar-refractivity contribution in [3.63, 3.8) is 0 Å². The van der Waals surface area contributed by atoms with Gasteiger partial charge in [-0.3, -0.25) is 5.10 Å². The van der Waals surface area contributed by atoms with Crippen LogP contribution in [0.5, 0.6) is 0 Å². The fourth-order valence-electron chi connectivity index (χ4n) is 1.01. The summed E-state index contributed by atoms with van der Waals surface area (Å²) in [6.07, 6.45) is 1.52. The number of aromatic amines is 1. The Balaban J connectivity index is 2.87. The van der Waals surface area contributed by atoms with Crippen molar-refractivity contribution in [2.75, 3.05) is 0 Å². The molecule has 5 nitrogen and oxygen atoms in total. The van der Waals surface area contributed by atoms with Gasteiger partial charge in [-0.05, 0) is 12.1 Å². The summed E-state index contributed by atoms with van der Waals surface area (Å²) < 4.78 is 21.9. The number of hydrogen-bond donors (Lipinski definition) is 1. The summed E-state index contributed by atoms with van der Waals surface area (Å²) in [6.45, 7) is 0. The number of nitrogens with one attached hydrogen (secondary N) is 1. The van der Waals surface area contributed by atoms with E-state index in [-0.39, 0.29) is 5.03 Å². The van der Waals surface area contributed by atoms with Gasteiger partial charge in [0, 0.05) is 16.9 Å². The normalized spacial score (nSPS) is 12.1. The van der Waals surface area contributed by atoms with Crippen LogP contribution >= 0.6 is 10.7 Å². The van der Waals surface area contributed by atoms with Gasteiger partial charge < -0.3 is 0 Å². The molecule has 2 aromatic rings. The molecule has 0 aromatic carbocycles. The highest BCUT2D eigenvalue weighted by atomic mass is 35.7. The molecule has 0 bridgehead atoms. The van der Waals surface area contributed by atoms with Gasteiger partial charge in [0.2, 0.25) is 0 Å². The quantitative estimate of drug-likeness (QED) is 0.720. The molecule has 0 aliphatic rings. The third-order valence-corrected chi connectivity index (χ3v) is 2.80. The number of nitrogens with zero attached hydrogens (tertiary/aromatic N) is 2. The maximum atomic E-state index is 11.0. The lowest BCUT2D eigenvalue weighted by Gasteiger charge is -1.89. The number of aromatic nitrogens is 3. The zero-order chi connectivity index (χ0) is 9.47. The zero-order valence-electron chi connectivity index (χ0n) is 6.23. The third-order valence-electron chi connectivity index (χ3n) is 1.54. The monoisotopic (exact) mass is 217 g/mol. The first-order valence-electron chi connectivity index (χ1n) is 3.33. The van der Waals surface area contributed by atoms with Gasteiger partial charge in [0.1, 0.15) is 0 Å². The van der Waals surface area contributed by atoms with Crippen molar-refractivity contribution in [2.45, 2.75) is 5.03 Å². The molecule has 13 heavy (non-hydrogen) atoms. The Morgan fingerprint density at radius 1 is 1.46 bits per heavy atom. The van der Waals surface area contributed by atoms with E-state index < -0.39 is 9.05 Å². The largest absolute Gasteiger partial charge is 0.278 e. The molecule has 2 rings (SSSR count). The van der Waals surface area contributed by atoms with E-state index in [1.54, 1.807) is 12.1 Å². The van der Waals surface area contributed by atoms with Gasteiger partial charge in [-0.15, -0.1) is 0 Å². The van der Waals surface area contributed by atoms with Gasteiger partial charge in [0.15, 0.2) is 10.7 Å². The van der Waals surface area contributed by atoms with Crippen LogP contribution in [0.15, 0.2) is 23.4 Å². The summed E-state index contributed by atoms with van der Waals surface area (Å²) in [5.41, 5.74) is 0.335. The van der Waals surface area contributed by atoms with Crippen molar-refractivity contribution in [2.24, 2.45) is 0 Å². The van der Waals surface area contributed by atoms with Crippen LogP contribution in [-0.2, 0) is 9.05 Å². The first kappa shape index (κ1) is 8.46. The number of rotatable bonds is 1. The molecule has 0 saturated carbocycles. The Bertz CT molecular complexity index is 548. The molecule has 1 N–H and O–H groups in total. The lowest BCUT2D eigenvalue weighted by atomic mass is 10.4. The highest BCUT2D eigenvalue weighted by molar-refractivity contribution is 8.13. The minimum atomic E-state index is -3.77. The average Bonchev–Trinajstić information content (AvgIpc) is 2.45. The smallest absolute Gasteiger partial charge is 0.264 e. The van der Waals surface area contributed by atoms with E-state index in [1.807, 2.05) is 0 Å². The SMILES string of the molecule is O=S(=O)(Cl)c1[nH]nc2ncccc12. The minimum absolute atomic E-state index is 0.114. The summed E-state index contributed by atoms with van der Waals surface area (Å²) in [4.78, 5) is 3.85. The standard InChI is InChI=1S/C6H4ClN3O2S/c7-13(11,12)6-4-2-1-3-8-5(4)9-10-6/h1-3H,(H,8,9,10). The molecule has 0 aliphatic carbocycles. The molecule has 7 heteroatoms. The van der Waals surface area contributed by atoms with E-state index in [4.69, 9.17) is 10.7 Å². The summed E-state index contributed by atoms with van der Waals surface area (Å²) in [7, 11) is 1.38. The van der Waals surface area contributed by atoms with Crippen molar-refractivity contribution < 1.29 is 8.42 Å². The summed E-state index contributed by atoms with van der Waals surface area (Å²) in [5, 5.41) is 6.29. The van der Waals surface area contributed by atoms with Gasteiger partial charge in [-0.2, -0.15) is 5.10 Å². The molecule has 2 heterocycles. The number of H-pyrrole nitrogens is 1. The number of pyridine rings is 1. The van der Waals surface area contributed by atoms with E-state index in [1.165, 1.54) is 6.20 Å². The highest BCUT2D eigenvalue weighted by Crippen LogP contribution is 2.20. The van der Waals surface area contributed by atoms with Crippen LogP contribution in [0.4, 0.5) is 0 Å². The second kappa shape index (κ2) is 2.68. The average molecular weight is 218 g/mol. The number of halogens is 1. The topological polar surface area (TPSA) is 75.7 Å². The molecule has 0 fully saturated rings. The zero-order valence-corrected chi connectivity index (χ0v) is 7.80. The lowest BCUT2D eigenvalue weighted by Crippen LogP contribution is -1.90. The van der Waals surface area contributed by atoms with Gasteiger partial charge >= 0.3 is 0 Å². The molecule has 0 radical (unpaired) electrons. The van der Waals surface area contributed by atoms with E-state index in [0.29, 0.717) is 11.0 Å². The number of hydrogen-bond acceptors (Lipinski definition) is 4. The van der Waals surface area contributed by atoms with Gasteiger partial charge in [-0.25, -0.2) is 13.4 Å². The van der Waals surface area contributed by atoms with E-state index in [0.717, 1.165) is 0 Å². The van der Waals surface area contributed by atoms with Crippen molar-refractivity contribution in [3.8, 4) is 0 Å². The molecule has 2 aromatic heterocycles.